The summed E-state index contributed by atoms with van der Waals surface area (Å²) in [7, 11) is 0. The van der Waals surface area contributed by atoms with Crippen molar-refractivity contribution in [2.24, 2.45) is 5.92 Å². The molecule has 5 rings (SSSR count). The second-order valence-electron chi connectivity index (χ2n) is 8.31. The van der Waals surface area contributed by atoms with Gasteiger partial charge in [0.1, 0.15) is 5.92 Å². The number of nitrogens with zero attached hydrogens (tertiary/aromatic N) is 3. The molecule has 8 nitrogen and oxygen atoms in total. The van der Waals surface area contributed by atoms with Crippen LogP contribution in [0, 0.1) is 29.9 Å². The molecule has 0 saturated carbocycles. The Bertz CT molecular complexity index is 1270. The first-order valence-electron chi connectivity index (χ1n) is 10.6. The Kier molecular flexibility index (Phi) is 4.94. The zero-order chi connectivity index (χ0) is 23.3. The molecule has 2 saturated heterocycles. The summed E-state index contributed by atoms with van der Waals surface area (Å²) in [5.74, 6) is -1.56. The molecule has 3 aromatic carbocycles. The van der Waals surface area contributed by atoms with Crippen molar-refractivity contribution in [3.8, 4) is 0 Å². The van der Waals surface area contributed by atoms with Gasteiger partial charge in [0, 0.05) is 12.1 Å². The fourth-order valence-electron chi connectivity index (χ4n) is 4.59. The number of para-hydroxylation sites is 1. The monoisotopic (exact) mass is 443 g/mol. The molecule has 33 heavy (non-hydrogen) atoms. The highest BCUT2D eigenvalue weighted by atomic mass is 16.7. The van der Waals surface area contributed by atoms with Crippen molar-refractivity contribution in [2.75, 3.05) is 9.96 Å². The minimum Gasteiger partial charge on any atom is -0.273 e. The molecule has 2 fully saturated rings. The van der Waals surface area contributed by atoms with Crippen LogP contribution in [0.5, 0.6) is 0 Å². The smallest absolute Gasteiger partial charge is 0.269 e. The summed E-state index contributed by atoms with van der Waals surface area (Å²) in [5, 5.41) is 12.7. The Morgan fingerprint density at radius 2 is 1.64 bits per heavy atom. The molecule has 2 amide bonds. The van der Waals surface area contributed by atoms with Crippen molar-refractivity contribution in [3.63, 3.8) is 0 Å². The number of aryl methyl sites for hydroxylation is 2. The van der Waals surface area contributed by atoms with Crippen LogP contribution < -0.4 is 9.96 Å². The van der Waals surface area contributed by atoms with E-state index in [1.807, 2.05) is 44.2 Å². The Hall–Kier alpha value is -4.04. The van der Waals surface area contributed by atoms with Gasteiger partial charge in [0.25, 0.3) is 11.6 Å². The summed E-state index contributed by atoms with van der Waals surface area (Å²) in [6.45, 7) is 3.81. The van der Waals surface area contributed by atoms with E-state index in [0.29, 0.717) is 11.3 Å². The first kappa shape index (κ1) is 20.8. The molecule has 0 bridgehead atoms. The number of fused-ring (bicyclic) bond motifs is 1. The lowest BCUT2D eigenvalue weighted by atomic mass is 9.90. The maximum absolute atomic E-state index is 13.6. The van der Waals surface area contributed by atoms with E-state index in [1.54, 1.807) is 35.4 Å². The normalized spacial score (nSPS) is 22.1. The zero-order valence-electron chi connectivity index (χ0n) is 18.0. The van der Waals surface area contributed by atoms with E-state index in [4.69, 9.17) is 4.84 Å². The summed E-state index contributed by atoms with van der Waals surface area (Å²) < 4.78 is 0. The lowest BCUT2D eigenvalue weighted by molar-refractivity contribution is -0.384. The van der Waals surface area contributed by atoms with Crippen molar-refractivity contribution >= 4 is 28.9 Å². The third-order valence-electron chi connectivity index (χ3n) is 6.17. The Labute approximate surface area is 190 Å². The quantitative estimate of drug-likeness (QED) is 0.340. The molecule has 0 spiro atoms. The Morgan fingerprint density at radius 3 is 2.30 bits per heavy atom. The van der Waals surface area contributed by atoms with Gasteiger partial charge in [-0.2, -0.15) is 0 Å². The number of hydrogen-bond donors (Lipinski definition) is 0. The summed E-state index contributed by atoms with van der Waals surface area (Å²) in [6.07, 6.45) is -0.988. The van der Waals surface area contributed by atoms with Crippen molar-refractivity contribution < 1.29 is 19.3 Å². The number of amides is 2. The van der Waals surface area contributed by atoms with Crippen LogP contribution in [0.2, 0.25) is 0 Å². The van der Waals surface area contributed by atoms with Crippen LogP contribution in [0.3, 0.4) is 0 Å². The lowest BCUT2D eigenvalue weighted by Crippen LogP contribution is -2.37. The van der Waals surface area contributed by atoms with Crippen molar-refractivity contribution in [1.82, 2.24) is 0 Å². The number of rotatable bonds is 4. The standard InChI is InChI=1S/C25H21N3O5/c1-15-6-5-8-19(14-15)26-24(29)21-22(17-10-12-18(13-11-17)28(31)32)27(33-23(21)25(26)30)20-9-4-3-7-16(20)2/h3-14,21-23H,1-2H3. The van der Waals surface area contributed by atoms with Gasteiger partial charge < -0.3 is 0 Å². The summed E-state index contributed by atoms with van der Waals surface area (Å²) >= 11 is 0. The van der Waals surface area contributed by atoms with Crippen LogP contribution in [0.15, 0.2) is 72.8 Å². The Balaban J connectivity index is 1.60. The van der Waals surface area contributed by atoms with E-state index in [1.165, 1.54) is 17.0 Å². The predicted octanol–water partition coefficient (Wildman–Crippen LogP) is 4.26. The van der Waals surface area contributed by atoms with Gasteiger partial charge in [-0.25, -0.2) is 9.96 Å². The number of carbonyl (C=O) groups excluding carboxylic acids is 2. The van der Waals surface area contributed by atoms with E-state index < -0.39 is 28.9 Å². The number of non-ortho nitro benzene ring substituents is 1. The van der Waals surface area contributed by atoms with Crippen molar-refractivity contribution in [3.05, 3.63) is 99.6 Å². The molecule has 2 aliphatic heterocycles. The largest absolute Gasteiger partial charge is 0.273 e. The van der Waals surface area contributed by atoms with Gasteiger partial charge in [0.05, 0.1) is 22.3 Å². The molecule has 2 aliphatic rings. The number of imide groups is 1. The van der Waals surface area contributed by atoms with E-state index in [9.17, 15) is 19.7 Å². The third-order valence-corrected chi connectivity index (χ3v) is 6.17. The molecule has 166 valence electrons. The molecule has 0 N–H and O–H groups in total. The minimum atomic E-state index is -0.988. The molecule has 0 aromatic heterocycles. The fraction of sp³-hybridized carbons (Fsp3) is 0.200. The molecule has 8 heteroatoms. The van der Waals surface area contributed by atoms with Gasteiger partial charge in [-0.05, 0) is 48.7 Å². The number of hydroxylamine groups is 1. The fourth-order valence-corrected chi connectivity index (χ4v) is 4.59. The number of benzene rings is 3. The number of nitro benzene ring substituents is 1. The average molecular weight is 443 g/mol. The SMILES string of the molecule is Cc1cccc(N2C(=O)C3ON(c4ccccc4C)C(c4ccc([N+](=O)[O-])cc4)C3C2=O)c1. The van der Waals surface area contributed by atoms with Crippen LogP contribution in [-0.2, 0) is 14.4 Å². The van der Waals surface area contributed by atoms with E-state index in [-0.39, 0.29) is 11.6 Å². The van der Waals surface area contributed by atoms with Gasteiger partial charge in [-0.15, -0.1) is 0 Å². The number of carbonyl (C=O) groups is 2. The summed E-state index contributed by atoms with van der Waals surface area (Å²) in [4.78, 5) is 45.0. The molecule has 3 atom stereocenters. The molecule has 3 unspecified atom stereocenters. The molecule has 2 heterocycles. The number of hydrogen-bond acceptors (Lipinski definition) is 6. The zero-order valence-corrected chi connectivity index (χ0v) is 18.0. The molecular formula is C25H21N3O5. The molecule has 0 radical (unpaired) electrons. The van der Waals surface area contributed by atoms with Crippen LogP contribution in [0.4, 0.5) is 17.1 Å². The molecular weight excluding hydrogens is 422 g/mol. The Morgan fingerprint density at radius 1 is 0.909 bits per heavy atom. The van der Waals surface area contributed by atoms with Gasteiger partial charge in [0.2, 0.25) is 5.91 Å². The summed E-state index contributed by atoms with van der Waals surface area (Å²) in [5.41, 5.74) is 3.70. The third kappa shape index (κ3) is 3.35. The minimum absolute atomic E-state index is 0.0492. The van der Waals surface area contributed by atoms with Crippen LogP contribution in [-0.4, -0.2) is 22.8 Å². The second kappa shape index (κ2) is 7.83. The predicted molar refractivity (Wildman–Crippen MR) is 122 cm³/mol. The summed E-state index contributed by atoms with van der Waals surface area (Å²) in [6, 6.07) is 20.2. The average Bonchev–Trinajstić information content (AvgIpc) is 3.30. The van der Waals surface area contributed by atoms with Crippen molar-refractivity contribution in [2.45, 2.75) is 26.0 Å². The number of anilines is 2. The van der Waals surface area contributed by atoms with Gasteiger partial charge in [-0.1, -0.05) is 42.5 Å². The van der Waals surface area contributed by atoms with Crippen LogP contribution in [0.1, 0.15) is 22.7 Å². The van der Waals surface area contributed by atoms with Gasteiger partial charge in [-0.3, -0.25) is 24.5 Å². The topological polar surface area (TPSA) is 93.0 Å². The van der Waals surface area contributed by atoms with Crippen LogP contribution >= 0.6 is 0 Å². The first-order chi connectivity index (χ1) is 15.9. The maximum atomic E-state index is 13.6. The van der Waals surface area contributed by atoms with Gasteiger partial charge in [0.15, 0.2) is 6.10 Å². The van der Waals surface area contributed by atoms with E-state index in [0.717, 1.165) is 16.8 Å². The van der Waals surface area contributed by atoms with E-state index in [2.05, 4.69) is 0 Å². The second-order valence-corrected chi connectivity index (χ2v) is 8.31. The highest BCUT2D eigenvalue weighted by Crippen LogP contribution is 2.48. The first-order valence-corrected chi connectivity index (χ1v) is 10.6. The molecule has 0 aliphatic carbocycles. The highest BCUT2D eigenvalue weighted by Gasteiger charge is 2.60. The number of nitro groups is 1. The van der Waals surface area contributed by atoms with Gasteiger partial charge >= 0.3 is 0 Å². The maximum Gasteiger partial charge on any atom is 0.269 e. The van der Waals surface area contributed by atoms with E-state index >= 15 is 0 Å². The molecule has 3 aromatic rings. The van der Waals surface area contributed by atoms with Crippen molar-refractivity contribution in [1.29, 1.82) is 0 Å². The lowest BCUT2D eigenvalue weighted by Gasteiger charge is -2.29. The van der Waals surface area contributed by atoms with Crippen LogP contribution in [0.25, 0.3) is 0 Å². The highest BCUT2D eigenvalue weighted by molar-refractivity contribution is 6.24.